The van der Waals surface area contributed by atoms with Crippen molar-refractivity contribution in [1.29, 1.82) is 0 Å². The molecule has 4 saturated carbocycles. The standard InChI is InChI=1S/C32H38ClNO9S/c1-17-21-8-9-22-30-16-42-32(39,26(37)24(30)29(2,3)13-10-23(30)35)31(22,25(17)36)27(21)43-28(38)18-11-14-34(15-12-18)44(40,41)20-6-4-19(33)5-7-20/h4-7,18,21-22,24,26-27,37,39H,1,8-16H2,2-3H3/t21-,22-,24+,26-,27+,30+,31-,32-/m0/s1. The summed E-state index contributed by atoms with van der Waals surface area (Å²) in [4.78, 5) is 42.0. The van der Waals surface area contributed by atoms with Crippen LogP contribution in [0.4, 0.5) is 0 Å². The van der Waals surface area contributed by atoms with Gasteiger partial charge in [-0.2, -0.15) is 4.31 Å². The zero-order chi connectivity index (χ0) is 31.6. The van der Waals surface area contributed by atoms with E-state index in [1.54, 1.807) is 0 Å². The van der Waals surface area contributed by atoms with Gasteiger partial charge in [0.05, 0.1) is 22.8 Å². The number of ketones is 2. The van der Waals surface area contributed by atoms with E-state index in [0.29, 0.717) is 24.3 Å². The van der Waals surface area contributed by atoms with Crippen molar-refractivity contribution in [3.8, 4) is 0 Å². The second-order valence-electron chi connectivity index (χ2n) is 14.3. The van der Waals surface area contributed by atoms with Crippen molar-refractivity contribution in [1.82, 2.24) is 4.31 Å². The fourth-order valence-electron chi connectivity index (χ4n) is 10.1. The van der Waals surface area contributed by atoms with Crippen LogP contribution in [0, 0.1) is 39.9 Å². The summed E-state index contributed by atoms with van der Waals surface area (Å²) in [5.74, 6) is -6.13. The Morgan fingerprint density at radius 3 is 2.43 bits per heavy atom. The summed E-state index contributed by atoms with van der Waals surface area (Å²) in [6.45, 7) is 8.08. The van der Waals surface area contributed by atoms with Crippen LogP contribution in [0.2, 0.25) is 5.02 Å². The van der Waals surface area contributed by atoms with Gasteiger partial charge in [-0.1, -0.05) is 32.0 Å². The number of nitrogens with zero attached hydrogens (tertiary/aromatic N) is 1. The van der Waals surface area contributed by atoms with Crippen molar-refractivity contribution in [2.24, 2.45) is 39.9 Å². The smallest absolute Gasteiger partial charge is 0.309 e. The predicted octanol–water partition coefficient (Wildman–Crippen LogP) is 2.89. The highest BCUT2D eigenvalue weighted by Gasteiger charge is 2.88. The van der Waals surface area contributed by atoms with E-state index in [9.17, 15) is 33.0 Å². The highest BCUT2D eigenvalue weighted by molar-refractivity contribution is 7.89. The number of aliphatic hydroxyl groups is 2. The van der Waals surface area contributed by atoms with E-state index >= 15 is 0 Å². The number of carbonyl (C=O) groups is 3. The van der Waals surface area contributed by atoms with Crippen LogP contribution in [0.1, 0.15) is 52.4 Å². The number of aliphatic hydroxyl groups excluding tert-OH is 1. The molecule has 3 aliphatic heterocycles. The number of esters is 1. The molecule has 4 bridgehead atoms. The highest BCUT2D eigenvalue weighted by Crippen LogP contribution is 2.76. The molecular weight excluding hydrogens is 610 g/mol. The average Bonchev–Trinajstić information content (AvgIpc) is 3.10. The zero-order valence-corrected chi connectivity index (χ0v) is 26.4. The summed E-state index contributed by atoms with van der Waals surface area (Å²) in [5, 5.41) is 24.6. The molecule has 7 aliphatic rings. The molecule has 7 fully saturated rings. The van der Waals surface area contributed by atoms with Gasteiger partial charge < -0.3 is 19.7 Å². The summed E-state index contributed by atoms with van der Waals surface area (Å²) in [5.41, 5.74) is -3.36. The Morgan fingerprint density at radius 2 is 1.77 bits per heavy atom. The van der Waals surface area contributed by atoms with Crippen LogP contribution in [0.15, 0.2) is 41.3 Å². The van der Waals surface area contributed by atoms with Gasteiger partial charge in [-0.05, 0) is 73.3 Å². The normalized spacial score (nSPS) is 41.8. The summed E-state index contributed by atoms with van der Waals surface area (Å²) >= 11 is 5.92. The Labute approximate surface area is 261 Å². The molecule has 4 aliphatic carbocycles. The predicted molar refractivity (Wildman–Crippen MR) is 156 cm³/mol. The molecule has 12 heteroatoms. The van der Waals surface area contributed by atoms with Gasteiger partial charge in [-0.3, -0.25) is 14.4 Å². The summed E-state index contributed by atoms with van der Waals surface area (Å²) in [6.07, 6.45) is -0.623. The topological polar surface area (TPSA) is 148 Å². The third-order valence-electron chi connectivity index (χ3n) is 12.1. The highest BCUT2D eigenvalue weighted by atomic mass is 35.5. The van der Waals surface area contributed by atoms with Crippen LogP contribution in [0.25, 0.3) is 0 Å². The van der Waals surface area contributed by atoms with Crippen LogP contribution in [0.3, 0.4) is 0 Å². The number of halogens is 1. The van der Waals surface area contributed by atoms with Gasteiger partial charge >= 0.3 is 5.97 Å². The molecule has 2 N–H and O–H groups in total. The van der Waals surface area contributed by atoms with Gasteiger partial charge in [-0.15, -0.1) is 0 Å². The van der Waals surface area contributed by atoms with E-state index < -0.39 is 79.7 Å². The van der Waals surface area contributed by atoms with Crippen LogP contribution in [-0.4, -0.2) is 78.2 Å². The SMILES string of the molecule is C=C1C(=O)[C@]23[C@H](OC(=O)C4CCN(S(=O)(=O)c5ccc(Cl)cc5)CC4)[C@H]1CC[C@H]2[C@@]12CO[C@@]3(O)[C@@H](O)[C@@H]1C(C)(C)CCC2=O. The minimum Gasteiger partial charge on any atom is -0.460 e. The van der Waals surface area contributed by atoms with Gasteiger partial charge in [0.2, 0.25) is 15.8 Å². The molecule has 0 aromatic heterocycles. The number of hydrogen-bond acceptors (Lipinski definition) is 9. The molecule has 8 rings (SSSR count). The quantitative estimate of drug-likeness (QED) is 0.372. The van der Waals surface area contributed by atoms with Crippen LogP contribution >= 0.6 is 11.6 Å². The largest absolute Gasteiger partial charge is 0.460 e. The van der Waals surface area contributed by atoms with Crippen LogP contribution in [-0.2, 0) is 33.9 Å². The van der Waals surface area contributed by atoms with Gasteiger partial charge in [0.25, 0.3) is 0 Å². The molecule has 10 nitrogen and oxygen atoms in total. The summed E-state index contributed by atoms with van der Waals surface area (Å²) < 4.78 is 39.9. The fourth-order valence-corrected chi connectivity index (χ4v) is 11.7. The molecule has 1 aromatic carbocycles. The Hall–Kier alpha value is -2.15. The van der Waals surface area contributed by atoms with Gasteiger partial charge in [0.15, 0.2) is 5.78 Å². The first-order valence-corrected chi connectivity index (χ1v) is 17.2. The lowest BCUT2D eigenvalue weighted by atomic mass is 9.36. The Bertz CT molecular complexity index is 1570. The van der Waals surface area contributed by atoms with E-state index in [-0.39, 0.29) is 55.2 Å². The van der Waals surface area contributed by atoms with Crippen LogP contribution in [0.5, 0.6) is 0 Å². The molecule has 1 aromatic rings. The lowest BCUT2D eigenvalue weighted by Crippen LogP contribution is -2.85. The van der Waals surface area contributed by atoms with Crippen molar-refractivity contribution in [2.45, 2.75) is 75.3 Å². The summed E-state index contributed by atoms with van der Waals surface area (Å²) in [6, 6.07) is 5.90. The minimum atomic E-state index is -3.78. The maximum atomic E-state index is 14.3. The fraction of sp³-hybridized carbons (Fsp3) is 0.656. The molecule has 8 atom stereocenters. The zero-order valence-electron chi connectivity index (χ0n) is 24.8. The van der Waals surface area contributed by atoms with Crippen molar-refractivity contribution >= 4 is 39.2 Å². The number of carbonyl (C=O) groups excluding carboxylic acids is 3. The van der Waals surface area contributed by atoms with E-state index in [1.807, 2.05) is 13.8 Å². The van der Waals surface area contributed by atoms with Gasteiger partial charge in [-0.25, -0.2) is 8.42 Å². The molecule has 0 radical (unpaired) electrons. The second-order valence-corrected chi connectivity index (χ2v) is 16.7. The number of ether oxygens (including phenoxy) is 2. The number of sulfonamides is 1. The van der Waals surface area contributed by atoms with Crippen molar-refractivity contribution < 1.29 is 42.5 Å². The first-order chi connectivity index (χ1) is 20.6. The molecular formula is C32H38ClNO9S. The molecule has 0 amide bonds. The Balaban J connectivity index is 1.18. The van der Waals surface area contributed by atoms with Crippen molar-refractivity contribution in [2.75, 3.05) is 19.7 Å². The number of fused-ring (bicyclic) bond motifs is 2. The third-order valence-corrected chi connectivity index (χ3v) is 14.3. The van der Waals surface area contributed by atoms with Crippen molar-refractivity contribution in [3.05, 3.63) is 41.4 Å². The van der Waals surface area contributed by atoms with E-state index in [4.69, 9.17) is 21.1 Å². The number of Topliss-reactive ketones (excluding diaryl/α,β-unsaturated/α-hetero) is 2. The Morgan fingerprint density at radius 1 is 1.11 bits per heavy atom. The monoisotopic (exact) mass is 647 g/mol. The summed E-state index contributed by atoms with van der Waals surface area (Å²) in [7, 11) is -3.78. The third kappa shape index (κ3) is 3.62. The lowest BCUT2D eigenvalue weighted by Gasteiger charge is -2.73. The first kappa shape index (κ1) is 30.5. The lowest BCUT2D eigenvalue weighted by molar-refractivity contribution is -0.437. The Kier molecular flexibility index (Phi) is 6.71. The van der Waals surface area contributed by atoms with Crippen molar-refractivity contribution in [3.63, 3.8) is 0 Å². The maximum absolute atomic E-state index is 14.3. The van der Waals surface area contributed by atoms with E-state index in [2.05, 4.69) is 6.58 Å². The molecule has 3 heterocycles. The average molecular weight is 648 g/mol. The number of hydrogen-bond donors (Lipinski definition) is 2. The first-order valence-electron chi connectivity index (χ1n) is 15.4. The molecule has 3 saturated heterocycles. The minimum absolute atomic E-state index is 0.0879. The van der Waals surface area contributed by atoms with Crippen LogP contribution < -0.4 is 0 Å². The molecule has 2 spiro atoms. The molecule has 44 heavy (non-hydrogen) atoms. The van der Waals surface area contributed by atoms with E-state index in [0.717, 1.165) is 0 Å². The second kappa shape index (κ2) is 9.68. The number of benzene rings is 1. The molecule has 0 unspecified atom stereocenters. The number of piperidine rings is 1. The van der Waals surface area contributed by atoms with Gasteiger partial charge in [0.1, 0.15) is 23.4 Å². The maximum Gasteiger partial charge on any atom is 0.309 e. The number of rotatable bonds is 4. The van der Waals surface area contributed by atoms with E-state index in [1.165, 1.54) is 28.6 Å². The molecule has 238 valence electrons. The van der Waals surface area contributed by atoms with Gasteiger partial charge in [0, 0.05) is 36.4 Å².